The molecule has 4 rings (SSSR count). The lowest BCUT2D eigenvalue weighted by Crippen LogP contribution is -2.17. The molecule has 7 nitrogen and oxygen atoms in total. The molecule has 1 aliphatic rings. The van der Waals surface area contributed by atoms with Crippen molar-refractivity contribution in [3.05, 3.63) is 51.7 Å². The Morgan fingerprint density at radius 3 is 2.78 bits per heavy atom. The number of aromatic amines is 1. The second-order valence-corrected chi connectivity index (χ2v) is 5.55. The van der Waals surface area contributed by atoms with Crippen LogP contribution in [0.5, 0.6) is 0 Å². The molecule has 2 aromatic heterocycles. The van der Waals surface area contributed by atoms with Crippen LogP contribution in [0.25, 0.3) is 16.9 Å². The van der Waals surface area contributed by atoms with E-state index in [-0.39, 0.29) is 11.2 Å². The molecule has 3 aromatic rings. The second-order valence-electron chi connectivity index (χ2n) is 5.55. The van der Waals surface area contributed by atoms with Gasteiger partial charge in [0, 0.05) is 17.5 Å². The highest BCUT2D eigenvalue weighted by Crippen LogP contribution is 2.35. The molecule has 1 aromatic carbocycles. The molecular weight excluding hydrogens is 294 g/mol. The highest BCUT2D eigenvalue weighted by Gasteiger charge is 2.31. The Morgan fingerprint density at radius 2 is 2.04 bits per heavy atom. The fourth-order valence-corrected chi connectivity index (χ4v) is 3.09. The number of aryl methyl sites for hydroxylation is 1. The van der Waals surface area contributed by atoms with Crippen LogP contribution in [0.4, 0.5) is 0 Å². The largest absolute Gasteiger partial charge is 0.410 e. The SMILES string of the molecule is CCCCc1nnc2c(=O)[nH]c3c(n12)C(=NO)c1ccccc1-3. The Balaban J connectivity index is 2.10. The minimum Gasteiger partial charge on any atom is -0.410 e. The van der Waals surface area contributed by atoms with Crippen LogP contribution >= 0.6 is 0 Å². The number of nitrogens with one attached hydrogen (secondary N) is 1. The van der Waals surface area contributed by atoms with Crippen molar-refractivity contribution in [2.75, 3.05) is 0 Å². The van der Waals surface area contributed by atoms with Crippen LogP contribution in [-0.2, 0) is 6.42 Å². The molecule has 0 radical (unpaired) electrons. The number of unbranched alkanes of at least 4 members (excludes halogenated alkanes) is 1. The van der Waals surface area contributed by atoms with Gasteiger partial charge in [0.15, 0.2) is 0 Å². The van der Waals surface area contributed by atoms with Crippen molar-refractivity contribution in [2.45, 2.75) is 26.2 Å². The summed E-state index contributed by atoms with van der Waals surface area (Å²) >= 11 is 0. The fourth-order valence-electron chi connectivity index (χ4n) is 3.09. The standard InChI is InChI=1S/C16H15N5O2/c1-2-3-8-11-18-19-15-16(22)17-12-9-6-4-5-7-10(9)13(20-23)14(12)21(11)15/h4-7,23H,2-3,8H2,1H3,(H,17,22). The minimum absolute atomic E-state index is 0.226. The van der Waals surface area contributed by atoms with Crippen LogP contribution in [0.3, 0.4) is 0 Å². The molecule has 0 aliphatic heterocycles. The summed E-state index contributed by atoms with van der Waals surface area (Å²) in [5.41, 5.74) is 3.25. The van der Waals surface area contributed by atoms with Gasteiger partial charge in [-0.1, -0.05) is 42.8 Å². The number of aromatic nitrogens is 4. The molecule has 7 heteroatoms. The van der Waals surface area contributed by atoms with Gasteiger partial charge >= 0.3 is 0 Å². The summed E-state index contributed by atoms with van der Waals surface area (Å²) < 4.78 is 1.72. The van der Waals surface area contributed by atoms with Gasteiger partial charge in [0.25, 0.3) is 5.56 Å². The lowest BCUT2D eigenvalue weighted by atomic mass is 10.1. The van der Waals surface area contributed by atoms with Crippen LogP contribution in [0.2, 0.25) is 0 Å². The number of nitrogens with zero attached hydrogens (tertiary/aromatic N) is 4. The Morgan fingerprint density at radius 1 is 1.26 bits per heavy atom. The van der Waals surface area contributed by atoms with Gasteiger partial charge in [-0.2, -0.15) is 0 Å². The van der Waals surface area contributed by atoms with E-state index in [9.17, 15) is 10.0 Å². The monoisotopic (exact) mass is 309 g/mol. The molecule has 0 saturated carbocycles. The Kier molecular flexibility index (Phi) is 3.00. The zero-order valence-corrected chi connectivity index (χ0v) is 12.6. The van der Waals surface area contributed by atoms with Crippen molar-refractivity contribution in [1.82, 2.24) is 19.6 Å². The molecule has 1 aliphatic carbocycles. The van der Waals surface area contributed by atoms with E-state index >= 15 is 0 Å². The van der Waals surface area contributed by atoms with Crippen LogP contribution in [0.1, 0.15) is 36.8 Å². The highest BCUT2D eigenvalue weighted by atomic mass is 16.4. The number of hydrogen-bond donors (Lipinski definition) is 2. The molecule has 0 amide bonds. The van der Waals surface area contributed by atoms with Gasteiger partial charge in [0.1, 0.15) is 17.2 Å². The predicted octanol–water partition coefficient (Wildman–Crippen LogP) is 1.97. The molecule has 0 spiro atoms. The number of oxime groups is 1. The number of hydrogen-bond acceptors (Lipinski definition) is 5. The molecule has 2 N–H and O–H groups in total. The smallest absolute Gasteiger partial charge is 0.294 e. The van der Waals surface area contributed by atoms with E-state index in [0.29, 0.717) is 29.3 Å². The van der Waals surface area contributed by atoms with E-state index in [0.717, 1.165) is 24.0 Å². The fraction of sp³-hybridized carbons (Fsp3) is 0.250. The predicted molar refractivity (Wildman–Crippen MR) is 85.1 cm³/mol. The Hall–Kier alpha value is -2.96. The zero-order chi connectivity index (χ0) is 16.0. The quantitative estimate of drug-likeness (QED) is 0.447. The molecule has 116 valence electrons. The minimum atomic E-state index is -0.298. The summed E-state index contributed by atoms with van der Waals surface area (Å²) in [5, 5.41) is 21.2. The highest BCUT2D eigenvalue weighted by molar-refractivity contribution is 6.22. The molecule has 2 heterocycles. The van der Waals surface area contributed by atoms with E-state index in [1.807, 2.05) is 24.3 Å². The van der Waals surface area contributed by atoms with Crippen molar-refractivity contribution in [3.63, 3.8) is 0 Å². The van der Waals surface area contributed by atoms with E-state index in [4.69, 9.17) is 0 Å². The number of fused-ring (bicyclic) bond motifs is 5. The number of benzene rings is 1. The molecule has 0 atom stereocenters. The lowest BCUT2D eigenvalue weighted by molar-refractivity contribution is 0.319. The summed E-state index contributed by atoms with van der Waals surface area (Å²) in [6.45, 7) is 2.09. The van der Waals surface area contributed by atoms with E-state index in [2.05, 4.69) is 27.3 Å². The maximum atomic E-state index is 12.3. The van der Waals surface area contributed by atoms with E-state index in [1.54, 1.807) is 4.40 Å². The number of rotatable bonds is 3. The van der Waals surface area contributed by atoms with Gasteiger partial charge < -0.3 is 10.2 Å². The molecule has 23 heavy (non-hydrogen) atoms. The summed E-state index contributed by atoms with van der Waals surface area (Å²) in [4.78, 5) is 15.2. The van der Waals surface area contributed by atoms with Gasteiger partial charge in [0.05, 0.1) is 5.69 Å². The van der Waals surface area contributed by atoms with Gasteiger partial charge in [-0.3, -0.25) is 9.20 Å². The zero-order valence-electron chi connectivity index (χ0n) is 12.6. The first-order chi connectivity index (χ1) is 11.3. The lowest BCUT2D eigenvalue weighted by Gasteiger charge is -2.06. The third kappa shape index (κ3) is 1.82. The van der Waals surface area contributed by atoms with Crippen LogP contribution in [0, 0.1) is 0 Å². The van der Waals surface area contributed by atoms with Gasteiger partial charge in [0.2, 0.25) is 5.65 Å². The topological polar surface area (TPSA) is 95.6 Å². The summed E-state index contributed by atoms with van der Waals surface area (Å²) in [7, 11) is 0. The van der Waals surface area contributed by atoms with Crippen LogP contribution < -0.4 is 5.56 Å². The maximum Gasteiger partial charge on any atom is 0.294 e. The molecule has 0 unspecified atom stereocenters. The van der Waals surface area contributed by atoms with Crippen LogP contribution in [0.15, 0.2) is 34.2 Å². The Labute approximate surface area is 131 Å². The summed E-state index contributed by atoms with van der Waals surface area (Å²) in [5.74, 6) is 0.707. The van der Waals surface area contributed by atoms with Crippen molar-refractivity contribution in [3.8, 4) is 11.3 Å². The first-order valence-electron chi connectivity index (χ1n) is 7.58. The normalized spacial score (nSPS) is 14.4. The first-order valence-corrected chi connectivity index (χ1v) is 7.58. The Bertz CT molecular complexity index is 999. The van der Waals surface area contributed by atoms with Crippen molar-refractivity contribution in [1.29, 1.82) is 0 Å². The maximum absolute atomic E-state index is 12.3. The molecule has 0 saturated heterocycles. The van der Waals surface area contributed by atoms with E-state index < -0.39 is 0 Å². The molecule has 0 bridgehead atoms. The van der Waals surface area contributed by atoms with Gasteiger partial charge in [-0.15, -0.1) is 10.2 Å². The van der Waals surface area contributed by atoms with Crippen LogP contribution in [-0.4, -0.2) is 30.5 Å². The first kappa shape index (κ1) is 13.7. The van der Waals surface area contributed by atoms with Crippen molar-refractivity contribution >= 4 is 11.4 Å². The third-order valence-corrected chi connectivity index (χ3v) is 4.16. The average molecular weight is 309 g/mol. The van der Waals surface area contributed by atoms with E-state index in [1.165, 1.54) is 0 Å². The van der Waals surface area contributed by atoms with Gasteiger partial charge in [-0.25, -0.2) is 0 Å². The van der Waals surface area contributed by atoms with Crippen molar-refractivity contribution in [2.24, 2.45) is 5.16 Å². The molecular formula is C16H15N5O2. The molecule has 0 fully saturated rings. The summed E-state index contributed by atoms with van der Waals surface area (Å²) in [6.07, 6.45) is 2.67. The van der Waals surface area contributed by atoms with Gasteiger partial charge in [-0.05, 0) is 6.42 Å². The third-order valence-electron chi connectivity index (χ3n) is 4.16. The summed E-state index contributed by atoms with van der Waals surface area (Å²) in [6, 6.07) is 7.51. The van der Waals surface area contributed by atoms with Crippen molar-refractivity contribution < 1.29 is 5.21 Å². The second kappa shape index (κ2) is 5.05. The number of H-pyrrole nitrogens is 1. The average Bonchev–Trinajstić information content (AvgIpc) is 3.12.